The first-order valence-electron chi connectivity index (χ1n) is 5.27. The second-order valence-electron chi connectivity index (χ2n) is 3.64. The number of carbonyl (C=O) groups is 1. The number of carboxylic acid groups (broad SMARTS) is 1. The Labute approximate surface area is 105 Å². The highest BCUT2D eigenvalue weighted by Gasteiger charge is 2.02. The minimum absolute atomic E-state index is 0.0880. The van der Waals surface area contributed by atoms with Crippen LogP contribution in [0.2, 0.25) is 0 Å². The van der Waals surface area contributed by atoms with Crippen molar-refractivity contribution in [3.63, 3.8) is 0 Å². The Bertz CT molecular complexity index is 518. The van der Waals surface area contributed by atoms with E-state index in [9.17, 15) is 4.79 Å². The van der Waals surface area contributed by atoms with Gasteiger partial charge in [-0.3, -0.25) is 0 Å². The lowest BCUT2D eigenvalue weighted by Gasteiger charge is -1.96. The molecule has 4 nitrogen and oxygen atoms in total. The predicted octanol–water partition coefficient (Wildman–Crippen LogP) is 2.79. The molecule has 0 aliphatic heterocycles. The van der Waals surface area contributed by atoms with Gasteiger partial charge in [0.05, 0.1) is 5.56 Å². The van der Waals surface area contributed by atoms with Gasteiger partial charge in [0, 0.05) is 6.07 Å². The topological polar surface area (TPSA) is 77.8 Å². The fourth-order valence-corrected chi connectivity index (χ4v) is 1.31. The van der Waals surface area contributed by atoms with E-state index in [1.165, 1.54) is 18.2 Å². The van der Waals surface area contributed by atoms with Crippen LogP contribution in [0.25, 0.3) is 0 Å². The number of phenols is 2. The van der Waals surface area contributed by atoms with Crippen molar-refractivity contribution >= 4 is 5.97 Å². The van der Waals surface area contributed by atoms with Gasteiger partial charge in [-0.25, -0.2) is 4.79 Å². The van der Waals surface area contributed by atoms with Gasteiger partial charge >= 0.3 is 5.97 Å². The normalized spacial score (nSPS) is 9.17. The third kappa shape index (κ3) is 4.17. The molecule has 2 aromatic rings. The molecule has 0 saturated carbocycles. The van der Waals surface area contributed by atoms with Gasteiger partial charge in [0.25, 0.3) is 0 Å². The number of benzene rings is 2. The number of hydrogen-bond acceptors (Lipinski definition) is 3. The molecule has 2 aromatic carbocycles. The lowest BCUT2D eigenvalue weighted by molar-refractivity contribution is 0.0696. The fraction of sp³-hybridized carbons (Fsp3) is 0.0714. The van der Waals surface area contributed by atoms with Crippen molar-refractivity contribution < 1.29 is 20.1 Å². The number of rotatable bonds is 1. The SMILES string of the molecule is Cc1ccccc1C(=O)O.Oc1cccc(O)c1. The summed E-state index contributed by atoms with van der Waals surface area (Å²) in [6.45, 7) is 1.78. The smallest absolute Gasteiger partial charge is 0.335 e. The van der Waals surface area contributed by atoms with E-state index in [1.807, 2.05) is 6.07 Å². The highest BCUT2D eigenvalue weighted by molar-refractivity contribution is 5.89. The van der Waals surface area contributed by atoms with Crippen LogP contribution in [0.15, 0.2) is 48.5 Å². The number of aryl methyl sites for hydroxylation is 1. The van der Waals surface area contributed by atoms with Crippen molar-refractivity contribution in [2.24, 2.45) is 0 Å². The molecule has 4 heteroatoms. The highest BCUT2D eigenvalue weighted by Crippen LogP contribution is 2.14. The van der Waals surface area contributed by atoms with Crippen LogP contribution in [0, 0.1) is 6.92 Å². The molecule has 0 spiro atoms. The molecule has 0 fully saturated rings. The highest BCUT2D eigenvalue weighted by atomic mass is 16.4. The molecule has 0 amide bonds. The van der Waals surface area contributed by atoms with Gasteiger partial charge in [0.2, 0.25) is 0 Å². The summed E-state index contributed by atoms with van der Waals surface area (Å²) in [5, 5.41) is 25.9. The monoisotopic (exact) mass is 246 g/mol. The zero-order valence-electron chi connectivity index (χ0n) is 9.87. The summed E-state index contributed by atoms with van der Waals surface area (Å²) >= 11 is 0. The first-order valence-corrected chi connectivity index (χ1v) is 5.27. The molecule has 0 heterocycles. The maximum Gasteiger partial charge on any atom is 0.335 e. The number of hydrogen-bond donors (Lipinski definition) is 3. The number of aromatic hydroxyl groups is 2. The second-order valence-corrected chi connectivity index (χ2v) is 3.64. The molecule has 18 heavy (non-hydrogen) atoms. The number of carboxylic acids is 1. The van der Waals surface area contributed by atoms with Gasteiger partial charge in [-0.1, -0.05) is 24.3 Å². The van der Waals surface area contributed by atoms with E-state index in [0.717, 1.165) is 5.56 Å². The summed E-state index contributed by atoms with van der Waals surface area (Å²) in [4.78, 5) is 10.4. The predicted molar refractivity (Wildman–Crippen MR) is 67.9 cm³/mol. The standard InChI is InChI=1S/C8H8O2.C6H6O2/c1-6-4-2-3-5-7(6)8(9)10;7-5-2-1-3-6(8)4-5/h2-5H,1H3,(H,9,10);1-4,7-8H. The quantitative estimate of drug-likeness (QED) is 0.723. The molecular weight excluding hydrogens is 232 g/mol. The molecule has 2 rings (SSSR count). The minimum atomic E-state index is -0.863. The lowest BCUT2D eigenvalue weighted by atomic mass is 10.1. The Kier molecular flexibility index (Phi) is 4.75. The molecule has 0 atom stereocenters. The van der Waals surface area contributed by atoms with E-state index in [0.29, 0.717) is 5.56 Å². The molecule has 0 radical (unpaired) electrons. The third-order valence-corrected chi connectivity index (χ3v) is 2.21. The molecule has 0 saturated heterocycles. The van der Waals surface area contributed by atoms with Gasteiger partial charge in [0.1, 0.15) is 11.5 Å². The Morgan fingerprint density at radius 3 is 1.83 bits per heavy atom. The average Bonchev–Trinajstić information content (AvgIpc) is 2.29. The van der Waals surface area contributed by atoms with E-state index in [-0.39, 0.29) is 11.5 Å². The van der Waals surface area contributed by atoms with Gasteiger partial charge < -0.3 is 15.3 Å². The van der Waals surface area contributed by atoms with Crippen molar-refractivity contribution in [2.75, 3.05) is 0 Å². The van der Waals surface area contributed by atoms with Crippen LogP contribution in [-0.4, -0.2) is 21.3 Å². The zero-order chi connectivity index (χ0) is 13.5. The molecule has 0 aliphatic rings. The summed E-state index contributed by atoms with van der Waals surface area (Å²) in [6.07, 6.45) is 0. The Morgan fingerprint density at radius 1 is 0.944 bits per heavy atom. The fourth-order valence-electron chi connectivity index (χ4n) is 1.31. The van der Waals surface area contributed by atoms with Crippen molar-refractivity contribution in [1.82, 2.24) is 0 Å². The Morgan fingerprint density at radius 2 is 1.50 bits per heavy atom. The van der Waals surface area contributed by atoms with Crippen LogP contribution in [0.1, 0.15) is 15.9 Å². The van der Waals surface area contributed by atoms with Crippen LogP contribution in [0.3, 0.4) is 0 Å². The number of phenolic OH excluding ortho intramolecular Hbond substituents is 2. The van der Waals surface area contributed by atoms with E-state index >= 15 is 0 Å². The molecular formula is C14H14O4. The third-order valence-electron chi connectivity index (χ3n) is 2.21. The second kappa shape index (κ2) is 6.30. The summed E-state index contributed by atoms with van der Waals surface area (Å²) in [5.74, 6) is -0.687. The van der Waals surface area contributed by atoms with Gasteiger partial charge in [0.15, 0.2) is 0 Å². The van der Waals surface area contributed by atoms with E-state index in [2.05, 4.69) is 0 Å². The largest absolute Gasteiger partial charge is 0.508 e. The van der Waals surface area contributed by atoms with Crippen LogP contribution < -0.4 is 0 Å². The van der Waals surface area contributed by atoms with Crippen molar-refractivity contribution in [2.45, 2.75) is 6.92 Å². The van der Waals surface area contributed by atoms with Gasteiger partial charge in [-0.05, 0) is 30.7 Å². The van der Waals surface area contributed by atoms with Crippen LogP contribution in [0.5, 0.6) is 11.5 Å². The van der Waals surface area contributed by atoms with Crippen molar-refractivity contribution in [3.8, 4) is 11.5 Å². The summed E-state index contributed by atoms with van der Waals surface area (Å²) in [5.41, 5.74) is 1.18. The van der Waals surface area contributed by atoms with E-state index in [1.54, 1.807) is 31.2 Å². The summed E-state index contributed by atoms with van der Waals surface area (Å²) in [7, 11) is 0. The van der Waals surface area contributed by atoms with Crippen LogP contribution in [-0.2, 0) is 0 Å². The minimum Gasteiger partial charge on any atom is -0.508 e. The Hall–Kier alpha value is -2.49. The van der Waals surface area contributed by atoms with Crippen LogP contribution >= 0.6 is 0 Å². The number of aromatic carboxylic acids is 1. The van der Waals surface area contributed by atoms with Crippen molar-refractivity contribution in [3.05, 3.63) is 59.7 Å². The first-order chi connectivity index (χ1) is 8.50. The summed E-state index contributed by atoms with van der Waals surface area (Å²) in [6, 6.07) is 12.8. The lowest BCUT2D eigenvalue weighted by Crippen LogP contribution is -1.97. The van der Waals surface area contributed by atoms with E-state index < -0.39 is 5.97 Å². The maximum atomic E-state index is 10.4. The first kappa shape index (κ1) is 13.6. The Balaban J connectivity index is 0.000000184. The molecule has 0 bridgehead atoms. The van der Waals surface area contributed by atoms with Gasteiger partial charge in [-0.2, -0.15) is 0 Å². The van der Waals surface area contributed by atoms with Gasteiger partial charge in [-0.15, -0.1) is 0 Å². The molecule has 3 N–H and O–H groups in total. The average molecular weight is 246 g/mol. The maximum absolute atomic E-state index is 10.4. The molecule has 0 aromatic heterocycles. The van der Waals surface area contributed by atoms with Crippen LogP contribution in [0.4, 0.5) is 0 Å². The van der Waals surface area contributed by atoms with E-state index in [4.69, 9.17) is 15.3 Å². The molecule has 0 unspecified atom stereocenters. The summed E-state index contributed by atoms with van der Waals surface area (Å²) < 4.78 is 0. The zero-order valence-corrected chi connectivity index (χ0v) is 9.87. The molecule has 94 valence electrons. The van der Waals surface area contributed by atoms with Crippen molar-refractivity contribution in [1.29, 1.82) is 0 Å². The molecule has 0 aliphatic carbocycles.